The number of nitrogens with zero attached hydrogens (tertiary/aromatic N) is 2. The number of carboxylic acids is 1. The van der Waals surface area contributed by atoms with Crippen LogP contribution in [0, 0.1) is 6.92 Å². The van der Waals surface area contributed by atoms with E-state index in [9.17, 15) is 9.59 Å². The zero-order chi connectivity index (χ0) is 14.0. The van der Waals surface area contributed by atoms with Gasteiger partial charge in [0, 0.05) is 12.2 Å². The van der Waals surface area contributed by atoms with Gasteiger partial charge in [-0.05, 0) is 31.9 Å². The number of likely N-dealkylation sites (tertiary alicyclic amines) is 1. The van der Waals surface area contributed by atoms with E-state index in [1.54, 1.807) is 19.1 Å². The van der Waals surface area contributed by atoms with Gasteiger partial charge in [0.25, 0.3) is 5.91 Å². The van der Waals surface area contributed by atoms with Crippen molar-refractivity contribution in [1.82, 2.24) is 9.88 Å². The number of methoxy groups -OCH3 is 1. The molecule has 1 aliphatic rings. The number of ether oxygens (including phenoxy) is 1. The molecular formula is C13H16N2O4. The van der Waals surface area contributed by atoms with E-state index in [2.05, 4.69) is 4.98 Å². The second-order valence-electron chi connectivity index (χ2n) is 4.50. The second kappa shape index (κ2) is 5.26. The summed E-state index contributed by atoms with van der Waals surface area (Å²) in [7, 11) is 1.44. The highest BCUT2D eigenvalue weighted by Crippen LogP contribution is 2.24. The maximum absolute atomic E-state index is 12.4. The van der Waals surface area contributed by atoms with E-state index in [1.165, 1.54) is 12.0 Å². The van der Waals surface area contributed by atoms with Crippen LogP contribution in [0.1, 0.15) is 28.9 Å². The number of rotatable bonds is 3. The van der Waals surface area contributed by atoms with Crippen molar-refractivity contribution in [2.45, 2.75) is 25.8 Å². The predicted molar refractivity (Wildman–Crippen MR) is 67.2 cm³/mol. The molecule has 2 heterocycles. The Hall–Kier alpha value is -2.11. The van der Waals surface area contributed by atoms with Gasteiger partial charge >= 0.3 is 5.97 Å². The van der Waals surface area contributed by atoms with Crippen LogP contribution in [-0.2, 0) is 4.79 Å². The third-order valence-corrected chi connectivity index (χ3v) is 3.22. The number of hydrogen-bond acceptors (Lipinski definition) is 4. The standard InChI is InChI=1S/C13H16N2O4/c1-8-5-6-9(11(14-8)19-2)12(16)15-7-3-4-10(15)13(17)18/h5-6,10H,3-4,7H2,1-2H3,(H,17,18)/t10-/m1/s1. The number of aromatic nitrogens is 1. The Balaban J connectivity index is 2.31. The summed E-state index contributed by atoms with van der Waals surface area (Å²) in [5.41, 5.74) is 1.05. The summed E-state index contributed by atoms with van der Waals surface area (Å²) < 4.78 is 5.10. The fourth-order valence-electron chi connectivity index (χ4n) is 2.27. The number of carbonyl (C=O) groups is 2. The average Bonchev–Trinajstić information content (AvgIpc) is 2.87. The highest BCUT2D eigenvalue weighted by molar-refractivity contribution is 5.98. The Morgan fingerprint density at radius 2 is 2.21 bits per heavy atom. The molecule has 0 bridgehead atoms. The zero-order valence-corrected chi connectivity index (χ0v) is 10.9. The van der Waals surface area contributed by atoms with E-state index in [4.69, 9.17) is 9.84 Å². The molecule has 0 unspecified atom stereocenters. The number of carbonyl (C=O) groups excluding carboxylic acids is 1. The summed E-state index contributed by atoms with van der Waals surface area (Å²) in [6, 6.07) is 2.58. The molecular weight excluding hydrogens is 248 g/mol. The number of pyridine rings is 1. The molecule has 0 radical (unpaired) electrons. The third kappa shape index (κ3) is 2.52. The Labute approximate surface area is 111 Å². The molecule has 0 spiro atoms. The summed E-state index contributed by atoms with van der Waals surface area (Å²) in [6.45, 7) is 2.25. The molecule has 0 aromatic carbocycles. The molecule has 1 atom stereocenters. The molecule has 1 fully saturated rings. The molecule has 6 heteroatoms. The Morgan fingerprint density at radius 3 is 2.84 bits per heavy atom. The van der Waals surface area contributed by atoms with Crippen LogP contribution in [0.4, 0.5) is 0 Å². The normalized spacial score (nSPS) is 18.4. The quantitative estimate of drug-likeness (QED) is 0.884. The monoisotopic (exact) mass is 264 g/mol. The summed E-state index contributed by atoms with van der Waals surface area (Å²) in [5, 5.41) is 9.11. The summed E-state index contributed by atoms with van der Waals surface area (Å²) in [5.74, 6) is -1.07. The van der Waals surface area contributed by atoms with Crippen LogP contribution in [0.2, 0.25) is 0 Å². The fourth-order valence-corrected chi connectivity index (χ4v) is 2.27. The van der Waals surface area contributed by atoms with Gasteiger partial charge in [0.1, 0.15) is 11.6 Å². The summed E-state index contributed by atoms with van der Waals surface area (Å²) >= 11 is 0. The van der Waals surface area contributed by atoms with Gasteiger partial charge in [-0.2, -0.15) is 0 Å². The topological polar surface area (TPSA) is 79.7 Å². The van der Waals surface area contributed by atoms with Gasteiger partial charge in [-0.15, -0.1) is 0 Å². The van der Waals surface area contributed by atoms with Crippen LogP contribution in [-0.4, -0.2) is 46.6 Å². The first-order chi connectivity index (χ1) is 9.04. The molecule has 1 saturated heterocycles. The minimum atomic E-state index is -0.968. The number of amides is 1. The number of aryl methyl sites for hydroxylation is 1. The van der Waals surface area contributed by atoms with Crippen LogP contribution in [0.15, 0.2) is 12.1 Å². The molecule has 1 aromatic rings. The third-order valence-electron chi connectivity index (χ3n) is 3.22. The lowest BCUT2D eigenvalue weighted by molar-refractivity contribution is -0.141. The maximum atomic E-state index is 12.4. The minimum absolute atomic E-state index is 0.237. The predicted octanol–water partition coefficient (Wildman–Crippen LogP) is 1.09. The number of hydrogen-bond donors (Lipinski definition) is 1. The van der Waals surface area contributed by atoms with Crippen molar-refractivity contribution in [2.75, 3.05) is 13.7 Å². The Kier molecular flexibility index (Phi) is 3.69. The van der Waals surface area contributed by atoms with E-state index in [1.807, 2.05) is 0 Å². The van der Waals surface area contributed by atoms with Crippen molar-refractivity contribution in [3.05, 3.63) is 23.4 Å². The lowest BCUT2D eigenvalue weighted by atomic mass is 10.2. The molecule has 0 saturated carbocycles. The van der Waals surface area contributed by atoms with Gasteiger partial charge in [-0.1, -0.05) is 0 Å². The number of aliphatic carboxylic acids is 1. The molecule has 1 aromatic heterocycles. The van der Waals surface area contributed by atoms with Gasteiger partial charge < -0.3 is 14.7 Å². The van der Waals surface area contributed by atoms with E-state index in [0.717, 1.165) is 5.69 Å². The largest absolute Gasteiger partial charge is 0.480 e. The molecule has 0 aliphatic carbocycles. The molecule has 1 N–H and O–H groups in total. The van der Waals surface area contributed by atoms with Crippen molar-refractivity contribution < 1.29 is 19.4 Å². The van der Waals surface area contributed by atoms with Crippen molar-refractivity contribution in [1.29, 1.82) is 0 Å². The molecule has 1 aliphatic heterocycles. The fraction of sp³-hybridized carbons (Fsp3) is 0.462. The van der Waals surface area contributed by atoms with E-state index in [0.29, 0.717) is 24.9 Å². The smallest absolute Gasteiger partial charge is 0.326 e. The maximum Gasteiger partial charge on any atom is 0.326 e. The van der Waals surface area contributed by atoms with E-state index < -0.39 is 12.0 Å². The summed E-state index contributed by atoms with van der Waals surface area (Å²) in [6.07, 6.45) is 1.19. The second-order valence-corrected chi connectivity index (χ2v) is 4.50. The molecule has 6 nitrogen and oxygen atoms in total. The van der Waals surface area contributed by atoms with E-state index in [-0.39, 0.29) is 11.8 Å². The van der Waals surface area contributed by atoms with Crippen LogP contribution in [0.5, 0.6) is 5.88 Å². The zero-order valence-electron chi connectivity index (χ0n) is 10.9. The van der Waals surface area contributed by atoms with Gasteiger partial charge in [0.05, 0.1) is 7.11 Å². The molecule has 1 amide bonds. The first-order valence-electron chi connectivity index (χ1n) is 6.10. The minimum Gasteiger partial charge on any atom is -0.480 e. The van der Waals surface area contributed by atoms with Crippen LogP contribution in [0.3, 0.4) is 0 Å². The van der Waals surface area contributed by atoms with Crippen LogP contribution in [0.25, 0.3) is 0 Å². The SMILES string of the molecule is COc1nc(C)ccc1C(=O)N1CCC[C@@H]1C(=O)O. The van der Waals surface area contributed by atoms with Crippen molar-refractivity contribution in [2.24, 2.45) is 0 Å². The lowest BCUT2D eigenvalue weighted by Gasteiger charge is -2.22. The van der Waals surface area contributed by atoms with Crippen LogP contribution >= 0.6 is 0 Å². The number of carboxylic acid groups (broad SMARTS) is 1. The van der Waals surface area contributed by atoms with Crippen molar-refractivity contribution in [3.8, 4) is 5.88 Å². The molecule has 19 heavy (non-hydrogen) atoms. The van der Waals surface area contributed by atoms with E-state index >= 15 is 0 Å². The average molecular weight is 264 g/mol. The van der Waals surface area contributed by atoms with Gasteiger partial charge in [-0.25, -0.2) is 9.78 Å². The van der Waals surface area contributed by atoms with Gasteiger partial charge in [0.2, 0.25) is 5.88 Å². The lowest BCUT2D eigenvalue weighted by Crippen LogP contribution is -2.40. The first kappa shape index (κ1) is 13.3. The molecule has 102 valence electrons. The van der Waals surface area contributed by atoms with Crippen molar-refractivity contribution in [3.63, 3.8) is 0 Å². The first-order valence-corrected chi connectivity index (χ1v) is 6.10. The highest BCUT2D eigenvalue weighted by atomic mass is 16.5. The van der Waals surface area contributed by atoms with Crippen LogP contribution < -0.4 is 4.74 Å². The molecule has 2 rings (SSSR count). The van der Waals surface area contributed by atoms with Gasteiger partial charge in [0.15, 0.2) is 0 Å². The highest BCUT2D eigenvalue weighted by Gasteiger charge is 2.35. The Bertz CT molecular complexity index is 515. The van der Waals surface area contributed by atoms with Crippen molar-refractivity contribution >= 4 is 11.9 Å². The Morgan fingerprint density at radius 1 is 1.47 bits per heavy atom. The summed E-state index contributed by atoms with van der Waals surface area (Å²) in [4.78, 5) is 29.0. The van der Waals surface area contributed by atoms with Gasteiger partial charge in [-0.3, -0.25) is 4.79 Å².